The Labute approximate surface area is 81.9 Å². The summed E-state index contributed by atoms with van der Waals surface area (Å²) in [6, 6.07) is 0.279. The molecule has 0 saturated heterocycles. The first-order chi connectivity index (χ1) is 6.75. The van der Waals surface area contributed by atoms with Crippen LogP contribution in [0.25, 0.3) is 0 Å². The Balaban J connectivity index is 1.86. The van der Waals surface area contributed by atoms with E-state index in [0.29, 0.717) is 5.71 Å². The summed E-state index contributed by atoms with van der Waals surface area (Å²) in [5, 5.41) is 6.54. The van der Waals surface area contributed by atoms with Gasteiger partial charge < -0.3 is 5.32 Å². The molecule has 76 valence electrons. The number of hydrogen-bond donors (Lipinski definition) is 2. The second kappa shape index (κ2) is 3.77. The lowest BCUT2D eigenvalue weighted by molar-refractivity contribution is -0.120. The van der Waals surface area contributed by atoms with E-state index in [-0.39, 0.29) is 24.3 Å². The molecule has 0 aromatic carbocycles. The van der Waals surface area contributed by atoms with Crippen molar-refractivity contribution < 1.29 is 9.59 Å². The van der Waals surface area contributed by atoms with Gasteiger partial charge in [-0.3, -0.25) is 9.59 Å². The highest BCUT2D eigenvalue weighted by atomic mass is 16.2. The fourth-order valence-electron chi connectivity index (χ4n) is 1.83. The molecule has 1 aliphatic heterocycles. The van der Waals surface area contributed by atoms with Crippen molar-refractivity contribution in [1.82, 2.24) is 10.7 Å². The van der Waals surface area contributed by atoms with Gasteiger partial charge in [0.2, 0.25) is 5.91 Å². The maximum atomic E-state index is 11.5. The second-order valence-electron chi connectivity index (χ2n) is 3.73. The summed E-state index contributed by atoms with van der Waals surface area (Å²) in [4.78, 5) is 22.3. The van der Waals surface area contributed by atoms with E-state index in [1.807, 2.05) is 0 Å². The minimum Gasteiger partial charge on any atom is -0.348 e. The molecule has 5 nitrogen and oxygen atoms in total. The summed E-state index contributed by atoms with van der Waals surface area (Å²) in [6.45, 7) is 0. The van der Waals surface area contributed by atoms with Gasteiger partial charge in [-0.2, -0.15) is 5.10 Å². The molecule has 1 heterocycles. The predicted octanol–water partition coefficient (Wildman–Crippen LogP) is -0.0789. The predicted molar refractivity (Wildman–Crippen MR) is 50.6 cm³/mol. The molecular formula is C9H13N3O2. The minimum atomic E-state index is -0.207. The number of nitrogens with zero attached hydrogens (tertiary/aromatic N) is 1. The summed E-state index contributed by atoms with van der Waals surface area (Å²) in [7, 11) is 0. The maximum Gasteiger partial charge on any atom is 0.268 e. The topological polar surface area (TPSA) is 70.6 Å². The van der Waals surface area contributed by atoms with E-state index in [1.54, 1.807) is 0 Å². The first-order valence-electron chi connectivity index (χ1n) is 4.92. The van der Waals surface area contributed by atoms with Crippen LogP contribution in [-0.2, 0) is 9.59 Å². The summed E-state index contributed by atoms with van der Waals surface area (Å²) < 4.78 is 0. The average Bonchev–Trinajstić information content (AvgIpc) is 2.75. The Kier molecular flexibility index (Phi) is 2.47. The van der Waals surface area contributed by atoms with Crippen molar-refractivity contribution in [3.8, 4) is 0 Å². The SMILES string of the molecule is O=C1CC(C(=O)NC2CCCC2)=NN1. The molecule has 2 N–H and O–H groups in total. The fraction of sp³-hybridized carbons (Fsp3) is 0.667. The monoisotopic (exact) mass is 195 g/mol. The fourth-order valence-corrected chi connectivity index (χ4v) is 1.83. The van der Waals surface area contributed by atoms with Gasteiger partial charge in [-0.15, -0.1) is 0 Å². The van der Waals surface area contributed by atoms with E-state index in [2.05, 4.69) is 15.8 Å². The van der Waals surface area contributed by atoms with Crippen molar-refractivity contribution in [2.45, 2.75) is 38.1 Å². The first kappa shape index (κ1) is 9.18. The third-order valence-electron chi connectivity index (χ3n) is 2.60. The molecule has 1 fully saturated rings. The van der Waals surface area contributed by atoms with Gasteiger partial charge in [0, 0.05) is 6.04 Å². The molecule has 5 heteroatoms. The van der Waals surface area contributed by atoms with Crippen LogP contribution in [0, 0.1) is 0 Å². The van der Waals surface area contributed by atoms with Gasteiger partial charge in [-0.25, -0.2) is 5.43 Å². The Morgan fingerprint density at radius 3 is 2.71 bits per heavy atom. The molecule has 0 unspecified atom stereocenters. The summed E-state index contributed by atoms with van der Waals surface area (Å²) in [5.74, 6) is -0.406. The van der Waals surface area contributed by atoms with Crippen LogP contribution >= 0.6 is 0 Å². The highest BCUT2D eigenvalue weighted by Gasteiger charge is 2.24. The normalized spacial score (nSPS) is 22.0. The van der Waals surface area contributed by atoms with Crippen molar-refractivity contribution in [1.29, 1.82) is 0 Å². The van der Waals surface area contributed by atoms with Crippen LogP contribution in [0.15, 0.2) is 5.10 Å². The zero-order valence-electron chi connectivity index (χ0n) is 7.88. The van der Waals surface area contributed by atoms with E-state index >= 15 is 0 Å². The van der Waals surface area contributed by atoms with Crippen LogP contribution in [-0.4, -0.2) is 23.6 Å². The standard InChI is InChI=1S/C9H13N3O2/c13-8-5-7(11-12-8)9(14)10-6-3-1-2-4-6/h6H,1-5H2,(H,10,14)(H,12,13). The molecule has 0 spiro atoms. The van der Waals surface area contributed by atoms with Gasteiger partial charge in [0.15, 0.2) is 0 Å². The lowest BCUT2D eigenvalue weighted by Crippen LogP contribution is -2.37. The number of amides is 2. The summed E-state index contributed by atoms with van der Waals surface area (Å²) >= 11 is 0. The Hall–Kier alpha value is -1.39. The zero-order valence-corrected chi connectivity index (χ0v) is 7.88. The van der Waals surface area contributed by atoms with Crippen LogP contribution < -0.4 is 10.7 Å². The van der Waals surface area contributed by atoms with Gasteiger partial charge >= 0.3 is 0 Å². The average molecular weight is 195 g/mol. The molecule has 2 aliphatic rings. The van der Waals surface area contributed by atoms with Crippen LogP contribution in [0.3, 0.4) is 0 Å². The number of hydrogen-bond acceptors (Lipinski definition) is 3. The molecule has 0 radical (unpaired) electrons. The van der Waals surface area contributed by atoms with Crippen molar-refractivity contribution in [2.24, 2.45) is 5.10 Å². The third-order valence-corrected chi connectivity index (χ3v) is 2.60. The largest absolute Gasteiger partial charge is 0.348 e. The first-order valence-corrected chi connectivity index (χ1v) is 4.92. The molecule has 2 amide bonds. The molecule has 2 rings (SSSR count). The molecule has 14 heavy (non-hydrogen) atoms. The molecule has 0 atom stereocenters. The van der Waals surface area contributed by atoms with Crippen LogP contribution in [0.2, 0.25) is 0 Å². The zero-order chi connectivity index (χ0) is 9.97. The quantitative estimate of drug-likeness (QED) is 0.647. The second-order valence-corrected chi connectivity index (χ2v) is 3.73. The number of hydrazone groups is 1. The van der Waals surface area contributed by atoms with E-state index in [1.165, 1.54) is 12.8 Å². The summed E-state index contributed by atoms with van der Waals surface area (Å²) in [6.07, 6.45) is 4.54. The Bertz CT molecular complexity index is 292. The maximum absolute atomic E-state index is 11.5. The number of carbonyl (C=O) groups excluding carboxylic acids is 2. The van der Waals surface area contributed by atoms with Crippen molar-refractivity contribution in [3.63, 3.8) is 0 Å². The molecule has 1 saturated carbocycles. The van der Waals surface area contributed by atoms with Gasteiger partial charge in [0.1, 0.15) is 5.71 Å². The van der Waals surface area contributed by atoms with Crippen LogP contribution in [0.5, 0.6) is 0 Å². The van der Waals surface area contributed by atoms with Crippen molar-refractivity contribution in [2.75, 3.05) is 0 Å². The third kappa shape index (κ3) is 1.92. The lowest BCUT2D eigenvalue weighted by Gasteiger charge is -2.10. The van der Waals surface area contributed by atoms with Gasteiger partial charge in [-0.1, -0.05) is 12.8 Å². The number of carbonyl (C=O) groups is 2. The Morgan fingerprint density at radius 2 is 2.14 bits per heavy atom. The van der Waals surface area contributed by atoms with Crippen LogP contribution in [0.1, 0.15) is 32.1 Å². The number of rotatable bonds is 2. The van der Waals surface area contributed by atoms with E-state index in [4.69, 9.17) is 0 Å². The molecule has 0 aromatic heterocycles. The summed E-state index contributed by atoms with van der Waals surface area (Å²) in [5.41, 5.74) is 2.57. The smallest absolute Gasteiger partial charge is 0.268 e. The Morgan fingerprint density at radius 1 is 1.43 bits per heavy atom. The van der Waals surface area contributed by atoms with E-state index in [9.17, 15) is 9.59 Å². The minimum absolute atomic E-state index is 0.110. The van der Waals surface area contributed by atoms with Crippen LogP contribution in [0.4, 0.5) is 0 Å². The van der Waals surface area contributed by atoms with Gasteiger partial charge in [-0.05, 0) is 12.8 Å². The molecule has 1 aliphatic carbocycles. The molecule has 0 aromatic rings. The molecule has 0 bridgehead atoms. The highest BCUT2D eigenvalue weighted by Crippen LogP contribution is 2.17. The molecular weight excluding hydrogens is 182 g/mol. The van der Waals surface area contributed by atoms with Crippen molar-refractivity contribution in [3.05, 3.63) is 0 Å². The highest BCUT2D eigenvalue weighted by molar-refractivity contribution is 6.43. The van der Waals surface area contributed by atoms with E-state index in [0.717, 1.165) is 12.8 Å². The van der Waals surface area contributed by atoms with Gasteiger partial charge in [0.25, 0.3) is 5.91 Å². The lowest BCUT2D eigenvalue weighted by atomic mass is 10.2. The number of nitrogens with one attached hydrogen (secondary N) is 2. The van der Waals surface area contributed by atoms with Crippen molar-refractivity contribution >= 4 is 17.5 Å². The van der Waals surface area contributed by atoms with Gasteiger partial charge in [0.05, 0.1) is 6.42 Å². The van der Waals surface area contributed by atoms with E-state index < -0.39 is 0 Å².